The molecule has 2 rings (SSSR count). The normalized spacial score (nSPS) is 20.6. The van der Waals surface area contributed by atoms with E-state index < -0.39 is 6.04 Å². The molecule has 17 heavy (non-hydrogen) atoms. The number of likely N-dealkylation sites (N-methyl/N-ethyl adjacent to an activating group) is 1. The first-order valence-corrected chi connectivity index (χ1v) is 5.65. The van der Waals surface area contributed by atoms with Crippen LogP contribution in [0, 0.1) is 0 Å². The van der Waals surface area contributed by atoms with Gasteiger partial charge in [-0.2, -0.15) is 0 Å². The number of likely N-dealkylation sites (tertiary alicyclic amines) is 1. The van der Waals surface area contributed by atoms with Crippen molar-refractivity contribution in [3.63, 3.8) is 0 Å². The molecule has 1 N–H and O–H groups in total. The second-order valence-electron chi connectivity index (χ2n) is 3.87. The molecule has 0 saturated carbocycles. The molecule has 6 heteroatoms. The zero-order chi connectivity index (χ0) is 12.4. The number of rotatable bonds is 2. The van der Waals surface area contributed by atoms with Gasteiger partial charge in [-0.1, -0.05) is 17.7 Å². The summed E-state index contributed by atoms with van der Waals surface area (Å²) in [6.07, 6.45) is 0.844. The maximum atomic E-state index is 11.8. The summed E-state index contributed by atoms with van der Waals surface area (Å²) in [6, 6.07) is 4.73. The molecule has 1 aromatic heterocycles. The van der Waals surface area contributed by atoms with Crippen LogP contribution in [0.3, 0.4) is 0 Å². The fraction of sp³-hybridized carbons (Fsp3) is 0.364. The van der Waals surface area contributed by atoms with Crippen LogP contribution in [0.25, 0.3) is 0 Å². The van der Waals surface area contributed by atoms with Crippen molar-refractivity contribution in [3.8, 4) is 0 Å². The Labute approximate surface area is 104 Å². The number of nitrogens with zero attached hydrogens (tertiary/aromatic N) is 2. The lowest BCUT2D eigenvalue weighted by Crippen LogP contribution is -2.48. The molecule has 90 valence electrons. The Balaban J connectivity index is 2.09. The lowest BCUT2D eigenvalue weighted by Gasteiger charge is -2.28. The minimum absolute atomic E-state index is 0.146. The number of hydrogen-bond donors (Lipinski definition) is 1. The van der Waals surface area contributed by atoms with E-state index in [1.165, 1.54) is 7.05 Å². The largest absolute Gasteiger partial charge is 0.358 e. The van der Waals surface area contributed by atoms with Gasteiger partial charge in [0.15, 0.2) is 0 Å². The molecule has 1 unspecified atom stereocenters. The Kier molecular flexibility index (Phi) is 3.28. The highest BCUT2D eigenvalue weighted by molar-refractivity contribution is 6.29. The second-order valence-corrected chi connectivity index (χ2v) is 4.26. The predicted octanol–water partition coefficient (Wildman–Crippen LogP) is 1.29. The number of pyridine rings is 1. The zero-order valence-corrected chi connectivity index (χ0v) is 10.1. The molecule has 5 nitrogen and oxygen atoms in total. The van der Waals surface area contributed by atoms with Gasteiger partial charge in [-0.3, -0.25) is 14.5 Å². The molecular formula is C11H12ClN3O2. The molecule has 1 saturated heterocycles. The predicted molar refractivity (Wildman–Crippen MR) is 63.7 cm³/mol. The summed E-state index contributed by atoms with van der Waals surface area (Å²) in [5, 5.41) is 3.35. The minimum Gasteiger partial charge on any atom is -0.358 e. The highest BCUT2D eigenvalue weighted by Gasteiger charge is 2.31. The van der Waals surface area contributed by atoms with Crippen LogP contribution >= 0.6 is 11.6 Å². The van der Waals surface area contributed by atoms with Crippen LogP contribution in [0.4, 0.5) is 5.82 Å². The number of imide groups is 1. The minimum atomic E-state index is -0.413. The van der Waals surface area contributed by atoms with Crippen molar-refractivity contribution < 1.29 is 9.59 Å². The van der Waals surface area contributed by atoms with Crippen LogP contribution in [0.5, 0.6) is 0 Å². The van der Waals surface area contributed by atoms with Gasteiger partial charge < -0.3 is 5.32 Å². The van der Waals surface area contributed by atoms with Gasteiger partial charge in [-0.15, -0.1) is 0 Å². The quantitative estimate of drug-likeness (QED) is 0.637. The van der Waals surface area contributed by atoms with Crippen LogP contribution in [-0.2, 0) is 9.59 Å². The van der Waals surface area contributed by atoms with E-state index in [-0.39, 0.29) is 11.8 Å². The van der Waals surface area contributed by atoms with E-state index in [0.717, 1.165) is 4.90 Å². The molecule has 1 aliphatic heterocycles. The third-order valence-electron chi connectivity index (χ3n) is 2.69. The molecule has 1 fully saturated rings. The number of carbonyl (C=O) groups excluding carboxylic acids is 2. The molecule has 1 aliphatic rings. The number of carbonyl (C=O) groups is 2. The molecule has 1 aromatic rings. The summed E-state index contributed by atoms with van der Waals surface area (Å²) >= 11 is 5.75. The van der Waals surface area contributed by atoms with Crippen molar-refractivity contribution >= 4 is 29.2 Å². The molecule has 0 radical (unpaired) electrons. The van der Waals surface area contributed by atoms with E-state index >= 15 is 0 Å². The second kappa shape index (κ2) is 4.71. The third kappa shape index (κ3) is 2.55. The standard InChI is InChI=1S/C11H12ClN3O2/c1-15-10(16)6-5-7(11(15)17)13-9-4-2-3-8(12)14-9/h2-4,7H,5-6H2,1H3,(H,13,14). The smallest absolute Gasteiger partial charge is 0.251 e. The van der Waals surface area contributed by atoms with E-state index in [9.17, 15) is 9.59 Å². The Morgan fingerprint density at radius 1 is 1.47 bits per heavy atom. The van der Waals surface area contributed by atoms with Gasteiger partial charge in [0.05, 0.1) is 0 Å². The Morgan fingerprint density at radius 2 is 2.24 bits per heavy atom. The Morgan fingerprint density at radius 3 is 2.94 bits per heavy atom. The van der Waals surface area contributed by atoms with Crippen molar-refractivity contribution in [2.75, 3.05) is 12.4 Å². The molecule has 1 atom stereocenters. The van der Waals surface area contributed by atoms with Gasteiger partial charge in [0, 0.05) is 13.5 Å². The number of nitrogens with one attached hydrogen (secondary N) is 1. The molecule has 0 aliphatic carbocycles. The molecule has 0 bridgehead atoms. The van der Waals surface area contributed by atoms with Crippen LogP contribution in [0.1, 0.15) is 12.8 Å². The van der Waals surface area contributed by atoms with E-state index in [1.54, 1.807) is 18.2 Å². The number of halogens is 1. The number of hydrogen-bond acceptors (Lipinski definition) is 4. The van der Waals surface area contributed by atoms with Gasteiger partial charge in [0.25, 0.3) is 5.91 Å². The van der Waals surface area contributed by atoms with Crippen molar-refractivity contribution in [2.24, 2.45) is 0 Å². The van der Waals surface area contributed by atoms with Gasteiger partial charge in [-0.05, 0) is 18.6 Å². The SMILES string of the molecule is CN1C(=O)CCC(Nc2cccc(Cl)n2)C1=O. The summed E-state index contributed by atoms with van der Waals surface area (Å²) in [5.74, 6) is 0.161. The Bertz CT molecular complexity index is 464. The highest BCUT2D eigenvalue weighted by Crippen LogP contribution is 2.17. The van der Waals surface area contributed by atoms with Crippen LogP contribution < -0.4 is 5.32 Å². The van der Waals surface area contributed by atoms with Gasteiger partial charge in [0.2, 0.25) is 5.91 Å². The number of piperidine rings is 1. The van der Waals surface area contributed by atoms with Gasteiger partial charge in [0.1, 0.15) is 17.0 Å². The van der Waals surface area contributed by atoms with Crippen molar-refractivity contribution in [2.45, 2.75) is 18.9 Å². The van der Waals surface area contributed by atoms with Gasteiger partial charge in [-0.25, -0.2) is 4.98 Å². The summed E-state index contributed by atoms with van der Waals surface area (Å²) in [6.45, 7) is 0. The third-order valence-corrected chi connectivity index (χ3v) is 2.90. The van der Waals surface area contributed by atoms with Crippen molar-refractivity contribution in [3.05, 3.63) is 23.4 Å². The van der Waals surface area contributed by atoms with Crippen LogP contribution in [0.2, 0.25) is 5.15 Å². The summed E-state index contributed by atoms with van der Waals surface area (Å²) in [7, 11) is 1.49. The highest BCUT2D eigenvalue weighted by atomic mass is 35.5. The molecule has 2 amide bonds. The summed E-state index contributed by atoms with van der Waals surface area (Å²) in [5.41, 5.74) is 0. The van der Waals surface area contributed by atoms with Crippen LogP contribution in [0.15, 0.2) is 18.2 Å². The molecule has 0 aromatic carbocycles. The molecular weight excluding hydrogens is 242 g/mol. The van der Waals surface area contributed by atoms with E-state index in [2.05, 4.69) is 10.3 Å². The number of anilines is 1. The molecule has 0 spiro atoms. The summed E-state index contributed by atoms with van der Waals surface area (Å²) < 4.78 is 0. The number of amides is 2. The van der Waals surface area contributed by atoms with Crippen molar-refractivity contribution in [1.82, 2.24) is 9.88 Å². The van der Waals surface area contributed by atoms with E-state index in [1.807, 2.05) is 0 Å². The zero-order valence-electron chi connectivity index (χ0n) is 9.31. The van der Waals surface area contributed by atoms with Crippen LogP contribution in [-0.4, -0.2) is 34.8 Å². The first-order valence-electron chi connectivity index (χ1n) is 5.27. The topological polar surface area (TPSA) is 62.3 Å². The Hall–Kier alpha value is -1.62. The lowest BCUT2D eigenvalue weighted by molar-refractivity contribution is -0.146. The van der Waals surface area contributed by atoms with Gasteiger partial charge >= 0.3 is 0 Å². The first-order chi connectivity index (χ1) is 8.08. The van der Waals surface area contributed by atoms with Crippen molar-refractivity contribution in [1.29, 1.82) is 0 Å². The van der Waals surface area contributed by atoms with E-state index in [4.69, 9.17) is 11.6 Å². The number of aromatic nitrogens is 1. The fourth-order valence-electron chi connectivity index (χ4n) is 1.72. The fourth-order valence-corrected chi connectivity index (χ4v) is 1.88. The monoisotopic (exact) mass is 253 g/mol. The average Bonchev–Trinajstić information content (AvgIpc) is 2.30. The summed E-state index contributed by atoms with van der Waals surface area (Å²) in [4.78, 5) is 28.3. The molecule has 2 heterocycles. The maximum Gasteiger partial charge on any atom is 0.251 e. The maximum absolute atomic E-state index is 11.8. The lowest BCUT2D eigenvalue weighted by atomic mass is 10.0. The first kappa shape index (κ1) is 11.9. The average molecular weight is 254 g/mol. The van der Waals surface area contributed by atoms with E-state index in [0.29, 0.717) is 23.8 Å².